The van der Waals surface area contributed by atoms with Gasteiger partial charge in [-0.05, 0) is 23.5 Å². The Kier molecular flexibility index (Phi) is 5.05. The van der Waals surface area contributed by atoms with E-state index in [1.54, 1.807) is 6.33 Å². The maximum absolute atomic E-state index is 6.21. The van der Waals surface area contributed by atoms with E-state index < -0.39 is 8.07 Å². The van der Waals surface area contributed by atoms with E-state index in [0.717, 1.165) is 30.6 Å². The highest BCUT2D eigenvalue weighted by Gasteiger charge is 2.35. The lowest BCUT2D eigenvalue weighted by Gasteiger charge is -2.36. The van der Waals surface area contributed by atoms with Crippen LogP contribution in [-0.2, 0) is 11.8 Å². The van der Waals surface area contributed by atoms with Crippen molar-refractivity contribution in [3.05, 3.63) is 35.7 Å². The molecule has 0 radical (unpaired) electrons. The Hall–Kier alpha value is -2.32. The summed E-state index contributed by atoms with van der Waals surface area (Å²) in [4.78, 5) is 11.1. The molecule has 1 heterocycles. The molecule has 3 rings (SSSR count). The lowest BCUT2D eigenvalue weighted by atomic mass is 9.71. The molecule has 1 aromatic carbocycles. The van der Waals surface area contributed by atoms with E-state index >= 15 is 0 Å². The van der Waals surface area contributed by atoms with Crippen LogP contribution in [0, 0.1) is 11.5 Å². The second kappa shape index (κ2) is 7.01. The minimum absolute atomic E-state index is 0.0950. The number of rotatable bonds is 3. The van der Waals surface area contributed by atoms with Crippen molar-refractivity contribution in [3.8, 4) is 22.7 Å². The van der Waals surface area contributed by atoms with Crippen LogP contribution in [0.4, 0.5) is 11.5 Å². The maximum atomic E-state index is 6.21. The van der Waals surface area contributed by atoms with Crippen molar-refractivity contribution < 1.29 is 0 Å². The quantitative estimate of drug-likeness (QED) is 0.640. The van der Waals surface area contributed by atoms with Crippen LogP contribution in [0.1, 0.15) is 31.4 Å². The molecule has 1 aliphatic rings. The summed E-state index contributed by atoms with van der Waals surface area (Å²) in [5.41, 5.74) is 15.4. The van der Waals surface area contributed by atoms with Gasteiger partial charge in [0.15, 0.2) is 0 Å². The van der Waals surface area contributed by atoms with Crippen LogP contribution < -0.4 is 10.6 Å². The van der Waals surface area contributed by atoms with Crippen molar-refractivity contribution in [1.29, 1.82) is 0 Å². The SMILES string of the molecule is CN(CCC#C[Si](C)(C)C)c1cccc2c1CC(C)(C)c1c(N)ncnc1-2. The topological polar surface area (TPSA) is 55.0 Å². The highest BCUT2D eigenvalue weighted by atomic mass is 28.3. The van der Waals surface area contributed by atoms with Crippen molar-refractivity contribution in [3.63, 3.8) is 0 Å². The Morgan fingerprint density at radius 2 is 1.96 bits per heavy atom. The Labute approximate surface area is 164 Å². The van der Waals surface area contributed by atoms with Crippen LogP contribution in [0.3, 0.4) is 0 Å². The second-order valence-corrected chi connectivity index (χ2v) is 13.8. The van der Waals surface area contributed by atoms with Gasteiger partial charge in [0.2, 0.25) is 0 Å². The molecule has 0 saturated carbocycles. The largest absolute Gasteiger partial charge is 0.383 e. The van der Waals surface area contributed by atoms with E-state index in [9.17, 15) is 0 Å². The summed E-state index contributed by atoms with van der Waals surface area (Å²) in [6, 6.07) is 6.47. The van der Waals surface area contributed by atoms with Gasteiger partial charge in [0, 0.05) is 36.8 Å². The molecule has 0 atom stereocenters. The van der Waals surface area contributed by atoms with Gasteiger partial charge >= 0.3 is 0 Å². The third-order valence-electron chi connectivity index (χ3n) is 5.03. The van der Waals surface area contributed by atoms with Crippen LogP contribution in [0.15, 0.2) is 24.5 Å². The minimum Gasteiger partial charge on any atom is -0.383 e. The van der Waals surface area contributed by atoms with E-state index in [0.29, 0.717) is 5.82 Å². The number of fused-ring (bicyclic) bond motifs is 3. The Bertz CT molecular complexity index is 916. The van der Waals surface area contributed by atoms with E-state index in [1.807, 2.05) is 0 Å². The standard InChI is InChI=1S/C22H30N4Si/c1-22(2)14-17-16(20-19(22)21(23)25-15-24-20)10-9-11-18(17)26(3)12-7-8-13-27(4,5)6/h9-11,15H,7,12,14H2,1-6H3,(H2,23,24,25). The molecule has 0 fully saturated rings. The maximum Gasteiger partial charge on any atom is 0.131 e. The molecular formula is C22H30N4Si. The fraction of sp³-hybridized carbons (Fsp3) is 0.455. The first kappa shape index (κ1) is 19.4. The highest BCUT2D eigenvalue weighted by molar-refractivity contribution is 6.83. The first-order valence-electron chi connectivity index (χ1n) is 9.54. The number of hydrogen-bond acceptors (Lipinski definition) is 4. The lowest BCUT2D eigenvalue weighted by Crippen LogP contribution is -2.30. The van der Waals surface area contributed by atoms with E-state index in [-0.39, 0.29) is 5.41 Å². The molecule has 0 aliphatic heterocycles. The van der Waals surface area contributed by atoms with Crippen LogP contribution >= 0.6 is 0 Å². The summed E-state index contributed by atoms with van der Waals surface area (Å²) < 4.78 is 0. The van der Waals surface area contributed by atoms with Gasteiger partial charge in [0.1, 0.15) is 20.2 Å². The molecule has 2 aromatic rings. The summed E-state index contributed by atoms with van der Waals surface area (Å²) >= 11 is 0. The molecular weight excluding hydrogens is 348 g/mol. The molecule has 1 aromatic heterocycles. The highest BCUT2D eigenvalue weighted by Crippen LogP contribution is 2.46. The van der Waals surface area contributed by atoms with Gasteiger partial charge in [-0.15, -0.1) is 11.5 Å². The zero-order chi connectivity index (χ0) is 19.8. The number of nitrogens with two attached hydrogens (primary N) is 1. The molecule has 4 nitrogen and oxygen atoms in total. The predicted molar refractivity (Wildman–Crippen MR) is 118 cm³/mol. The molecule has 1 aliphatic carbocycles. The summed E-state index contributed by atoms with van der Waals surface area (Å²) in [5.74, 6) is 3.97. The monoisotopic (exact) mass is 378 g/mol. The fourth-order valence-corrected chi connectivity index (χ4v) is 4.47. The van der Waals surface area contributed by atoms with E-state index in [2.05, 4.69) is 85.1 Å². The molecule has 27 heavy (non-hydrogen) atoms. The van der Waals surface area contributed by atoms with Crippen LogP contribution in [0.5, 0.6) is 0 Å². The molecule has 2 N–H and O–H groups in total. The van der Waals surface area contributed by atoms with Crippen LogP contribution in [0.25, 0.3) is 11.3 Å². The number of benzene rings is 1. The summed E-state index contributed by atoms with van der Waals surface area (Å²) in [7, 11) is 0.854. The van der Waals surface area contributed by atoms with Gasteiger partial charge in [0.25, 0.3) is 0 Å². The predicted octanol–water partition coefficient (Wildman–Crippen LogP) is 4.27. The van der Waals surface area contributed by atoms with Crippen molar-refractivity contribution in [2.75, 3.05) is 24.2 Å². The third kappa shape index (κ3) is 4.01. The van der Waals surface area contributed by atoms with E-state index in [4.69, 9.17) is 5.73 Å². The molecule has 0 saturated heterocycles. The summed E-state index contributed by atoms with van der Waals surface area (Å²) in [6.07, 6.45) is 3.38. The van der Waals surface area contributed by atoms with Gasteiger partial charge in [-0.3, -0.25) is 0 Å². The zero-order valence-electron chi connectivity index (χ0n) is 17.3. The average molecular weight is 379 g/mol. The molecule has 0 bridgehead atoms. The van der Waals surface area contributed by atoms with Crippen molar-refractivity contribution in [1.82, 2.24) is 9.97 Å². The molecule has 5 heteroatoms. The minimum atomic E-state index is -1.30. The Morgan fingerprint density at radius 1 is 1.22 bits per heavy atom. The smallest absolute Gasteiger partial charge is 0.131 e. The van der Waals surface area contributed by atoms with Crippen molar-refractivity contribution in [2.24, 2.45) is 0 Å². The summed E-state index contributed by atoms with van der Waals surface area (Å²) in [6.45, 7) is 12.2. The first-order valence-corrected chi connectivity index (χ1v) is 13.0. The van der Waals surface area contributed by atoms with Gasteiger partial charge in [0.05, 0.1) is 5.69 Å². The Morgan fingerprint density at radius 3 is 2.67 bits per heavy atom. The van der Waals surface area contributed by atoms with Crippen LogP contribution in [-0.4, -0.2) is 31.6 Å². The third-order valence-corrected chi connectivity index (χ3v) is 5.95. The van der Waals surface area contributed by atoms with Gasteiger partial charge in [-0.1, -0.05) is 45.6 Å². The number of hydrogen-bond donors (Lipinski definition) is 1. The normalized spacial score (nSPS) is 14.6. The molecule has 0 spiro atoms. The van der Waals surface area contributed by atoms with Gasteiger partial charge < -0.3 is 10.6 Å². The average Bonchev–Trinajstić information content (AvgIpc) is 2.56. The number of nitrogens with zero attached hydrogens (tertiary/aromatic N) is 3. The summed E-state index contributed by atoms with van der Waals surface area (Å²) in [5, 5.41) is 0. The molecule has 0 amide bonds. The fourth-order valence-electron chi connectivity index (χ4n) is 3.81. The first-order chi connectivity index (χ1) is 12.6. The van der Waals surface area contributed by atoms with Crippen molar-refractivity contribution in [2.45, 2.75) is 51.7 Å². The van der Waals surface area contributed by atoms with Crippen LogP contribution in [0.2, 0.25) is 19.6 Å². The number of aromatic nitrogens is 2. The van der Waals surface area contributed by atoms with Gasteiger partial charge in [-0.25, -0.2) is 9.97 Å². The van der Waals surface area contributed by atoms with E-state index in [1.165, 1.54) is 16.8 Å². The van der Waals surface area contributed by atoms with Crippen molar-refractivity contribution >= 4 is 19.6 Å². The lowest BCUT2D eigenvalue weighted by molar-refractivity contribution is 0.514. The zero-order valence-corrected chi connectivity index (χ0v) is 18.3. The van der Waals surface area contributed by atoms with Gasteiger partial charge in [-0.2, -0.15) is 0 Å². The molecule has 0 unspecified atom stereocenters. The molecule has 142 valence electrons. The second-order valence-electron chi connectivity index (χ2n) is 9.07. The number of anilines is 2. The Balaban J connectivity index is 1.96. The number of nitrogen functional groups attached to an aromatic ring is 1.